The van der Waals surface area contributed by atoms with Gasteiger partial charge in [-0.25, -0.2) is 9.97 Å². The fourth-order valence-corrected chi connectivity index (χ4v) is 11.8. The molecular formula is C42H33N3Si. The molecule has 0 radical (unpaired) electrons. The van der Waals surface area contributed by atoms with Crippen molar-refractivity contribution in [3.05, 3.63) is 176 Å². The SMILES string of the molecule is CCc1ccc([Si](c2ccccc2)(c2ccc(-c3ccccc3)cc2)c2ccc3c(c2)c2cncnc2n3-c2ccccc2)cc1. The predicted molar refractivity (Wildman–Crippen MR) is 195 cm³/mol. The number of hydrogen-bond acceptors (Lipinski definition) is 2. The summed E-state index contributed by atoms with van der Waals surface area (Å²) in [5.41, 5.74) is 6.93. The topological polar surface area (TPSA) is 30.7 Å². The Morgan fingerprint density at radius 2 is 1.11 bits per heavy atom. The second-order valence-electron chi connectivity index (χ2n) is 11.8. The van der Waals surface area contributed by atoms with Gasteiger partial charge in [-0.15, -0.1) is 0 Å². The number of aromatic nitrogens is 3. The van der Waals surface area contributed by atoms with Gasteiger partial charge in [0, 0.05) is 22.7 Å². The first-order valence-electron chi connectivity index (χ1n) is 15.9. The Balaban J connectivity index is 1.44. The Labute approximate surface area is 270 Å². The Bertz CT molecular complexity index is 2260. The zero-order valence-electron chi connectivity index (χ0n) is 25.7. The highest BCUT2D eigenvalue weighted by Gasteiger charge is 2.41. The van der Waals surface area contributed by atoms with Gasteiger partial charge in [0.2, 0.25) is 0 Å². The molecule has 0 bridgehead atoms. The molecule has 6 aromatic carbocycles. The maximum Gasteiger partial charge on any atom is 0.179 e. The second kappa shape index (κ2) is 11.7. The van der Waals surface area contributed by atoms with Crippen LogP contribution in [0, 0.1) is 0 Å². The maximum atomic E-state index is 4.78. The van der Waals surface area contributed by atoms with Crippen LogP contribution in [0.4, 0.5) is 0 Å². The molecule has 0 spiro atoms. The fourth-order valence-electron chi connectivity index (χ4n) is 7.05. The third kappa shape index (κ3) is 4.58. The molecule has 0 aliphatic heterocycles. The van der Waals surface area contributed by atoms with Crippen LogP contribution in [-0.2, 0) is 6.42 Å². The molecule has 4 heteroatoms. The van der Waals surface area contributed by atoms with Crippen molar-refractivity contribution in [3.8, 4) is 16.8 Å². The summed E-state index contributed by atoms with van der Waals surface area (Å²) in [5, 5.41) is 7.62. The molecule has 8 aromatic rings. The van der Waals surface area contributed by atoms with Crippen LogP contribution in [0.2, 0.25) is 0 Å². The highest BCUT2D eigenvalue weighted by atomic mass is 28.3. The highest BCUT2D eigenvalue weighted by molar-refractivity contribution is 7.20. The minimum atomic E-state index is -2.78. The van der Waals surface area contributed by atoms with E-state index in [1.807, 2.05) is 6.20 Å². The van der Waals surface area contributed by atoms with Crippen LogP contribution >= 0.6 is 0 Å². The van der Waals surface area contributed by atoms with E-state index in [4.69, 9.17) is 4.98 Å². The number of nitrogens with zero attached hydrogens (tertiary/aromatic N) is 3. The molecule has 0 saturated heterocycles. The van der Waals surface area contributed by atoms with Crippen LogP contribution in [0.15, 0.2) is 170 Å². The van der Waals surface area contributed by atoms with Crippen LogP contribution in [0.25, 0.3) is 38.8 Å². The van der Waals surface area contributed by atoms with Gasteiger partial charge < -0.3 is 0 Å². The molecule has 0 aliphatic rings. The third-order valence-corrected chi connectivity index (χ3v) is 14.1. The minimum Gasteiger partial charge on any atom is -0.294 e. The summed E-state index contributed by atoms with van der Waals surface area (Å²) in [4.78, 5) is 9.26. The molecule has 8 rings (SSSR count). The largest absolute Gasteiger partial charge is 0.294 e. The lowest BCUT2D eigenvalue weighted by molar-refractivity contribution is 1.11. The normalized spacial score (nSPS) is 12.7. The van der Waals surface area contributed by atoms with E-state index in [0.29, 0.717) is 0 Å². The molecule has 0 saturated carbocycles. The van der Waals surface area contributed by atoms with E-state index in [1.54, 1.807) is 6.33 Å². The smallest absolute Gasteiger partial charge is 0.179 e. The Hall–Kier alpha value is -5.58. The van der Waals surface area contributed by atoms with Gasteiger partial charge in [0.15, 0.2) is 8.07 Å². The Morgan fingerprint density at radius 3 is 1.78 bits per heavy atom. The van der Waals surface area contributed by atoms with E-state index in [0.717, 1.165) is 34.0 Å². The van der Waals surface area contributed by atoms with Crippen molar-refractivity contribution in [2.24, 2.45) is 0 Å². The fraction of sp³-hybridized carbons (Fsp3) is 0.0476. The molecule has 3 nitrogen and oxygen atoms in total. The van der Waals surface area contributed by atoms with Crippen molar-refractivity contribution >= 4 is 50.8 Å². The van der Waals surface area contributed by atoms with E-state index < -0.39 is 8.07 Å². The molecule has 1 unspecified atom stereocenters. The number of rotatable bonds is 7. The maximum absolute atomic E-state index is 4.78. The van der Waals surface area contributed by atoms with Crippen LogP contribution in [-0.4, -0.2) is 22.6 Å². The Kier molecular flexibility index (Phi) is 7.12. The van der Waals surface area contributed by atoms with Crippen LogP contribution in [0.1, 0.15) is 12.5 Å². The van der Waals surface area contributed by atoms with Gasteiger partial charge in [0.25, 0.3) is 0 Å². The van der Waals surface area contributed by atoms with Gasteiger partial charge in [-0.2, -0.15) is 0 Å². The minimum absolute atomic E-state index is 0.917. The van der Waals surface area contributed by atoms with Gasteiger partial charge in [-0.3, -0.25) is 4.57 Å². The van der Waals surface area contributed by atoms with Crippen molar-refractivity contribution < 1.29 is 0 Å². The summed E-state index contributed by atoms with van der Waals surface area (Å²) in [6.07, 6.45) is 4.62. The molecule has 0 amide bonds. The number of aryl methyl sites for hydroxylation is 1. The van der Waals surface area contributed by atoms with E-state index in [2.05, 4.69) is 174 Å². The molecule has 1 atom stereocenters. The molecule has 0 N–H and O–H groups in total. The summed E-state index contributed by atoms with van der Waals surface area (Å²) >= 11 is 0. The third-order valence-electron chi connectivity index (χ3n) is 9.31. The van der Waals surface area contributed by atoms with E-state index in [-0.39, 0.29) is 0 Å². The second-order valence-corrected chi connectivity index (χ2v) is 15.6. The summed E-state index contributed by atoms with van der Waals surface area (Å²) in [7, 11) is -2.78. The lowest BCUT2D eigenvalue weighted by Gasteiger charge is -2.35. The van der Waals surface area contributed by atoms with Crippen molar-refractivity contribution in [1.82, 2.24) is 14.5 Å². The summed E-state index contributed by atoms with van der Waals surface area (Å²) in [5.74, 6) is 0. The van der Waals surface area contributed by atoms with Gasteiger partial charge in [-0.05, 0) is 62.1 Å². The monoisotopic (exact) mass is 607 g/mol. The van der Waals surface area contributed by atoms with Crippen LogP contribution in [0.3, 0.4) is 0 Å². The van der Waals surface area contributed by atoms with E-state index in [1.165, 1.54) is 37.4 Å². The first kappa shape index (κ1) is 27.9. The summed E-state index contributed by atoms with van der Waals surface area (Å²) in [6, 6.07) is 58.1. The van der Waals surface area contributed by atoms with Gasteiger partial charge in [-0.1, -0.05) is 146 Å². The van der Waals surface area contributed by atoms with Gasteiger partial charge in [0.05, 0.1) is 5.52 Å². The van der Waals surface area contributed by atoms with Crippen molar-refractivity contribution in [2.45, 2.75) is 13.3 Å². The average Bonchev–Trinajstić information content (AvgIpc) is 3.47. The van der Waals surface area contributed by atoms with Crippen molar-refractivity contribution in [2.75, 3.05) is 0 Å². The zero-order valence-corrected chi connectivity index (χ0v) is 26.7. The summed E-state index contributed by atoms with van der Waals surface area (Å²) < 4.78 is 2.26. The number of para-hydroxylation sites is 1. The lowest BCUT2D eigenvalue weighted by Crippen LogP contribution is -2.74. The van der Waals surface area contributed by atoms with Crippen LogP contribution < -0.4 is 20.7 Å². The first-order valence-corrected chi connectivity index (χ1v) is 17.9. The average molecular weight is 608 g/mol. The van der Waals surface area contributed by atoms with Crippen molar-refractivity contribution in [1.29, 1.82) is 0 Å². The first-order chi connectivity index (χ1) is 22.8. The molecule has 0 aliphatic carbocycles. The molecule has 2 aromatic heterocycles. The molecule has 0 fully saturated rings. The standard InChI is InChI=1S/C42H33N3Si/c1-2-31-18-22-36(23-19-31)46(35-16-10-5-11-17-35,37-24-20-33(21-25-37)32-12-6-3-7-13-32)38-26-27-41-39(28-38)40-29-43-30-44-42(40)45(41)34-14-8-4-9-15-34/h3-30H,2H2,1H3. The van der Waals surface area contributed by atoms with Gasteiger partial charge >= 0.3 is 0 Å². The summed E-state index contributed by atoms with van der Waals surface area (Å²) in [6.45, 7) is 2.22. The Morgan fingerprint density at radius 1 is 0.543 bits per heavy atom. The molecule has 2 heterocycles. The van der Waals surface area contributed by atoms with E-state index >= 15 is 0 Å². The predicted octanol–water partition coefficient (Wildman–Crippen LogP) is 7.18. The van der Waals surface area contributed by atoms with Crippen molar-refractivity contribution in [3.63, 3.8) is 0 Å². The van der Waals surface area contributed by atoms with Crippen LogP contribution in [0.5, 0.6) is 0 Å². The number of benzene rings is 6. The van der Waals surface area contributed by atoms with Gasteiger partial charge in [0.1, 0.15) is 12.0 Å². The number of fused-ring (bicyclic) bond motifs is 3. The lowest BCUT2D eigenvalue weighted by atomic mass is 10.1. The highest BCUT2D eigenvalue weighted by Crippen LogP contribution is 2.30. The molecule has 220 valence electrons. The molecular weight excluding hydrogens is 575 g/mol. The number of hydrogen-bond donors (Lipinski definition) is 0. The zero-order chi connectivity index (χ0) is 30.9. The molecule has 46 heavy (non-hydrogen) atoms. The van der Waals surface area contributed by atoms with E-state index in [9.17, 15) is 0 Å². The quantitative estimate of drug-likeness (QED) is 0.142.